The van der Waals surface area contributed by atoms with E-state index in [-0.39, 0.29) is 11.2 Å². The number of aryl methyl sites for hydroxylation is 2. The molecule has 21 heavy (non-hydrogen) atoms. The molecule has 0 radical (unpaired) electrons. The normalized spacial score (nSPS) is 11.7. The van der Waals surface area contributed by atoms with Crippen LogP contribution in [-0.2, 0) is 4.79 Å². The van der Waals surface area contributed by atoms with E-state index >= 15 is 0 Å². The summed E-state index contributed by atoms with van der Waals surface area (Å²) in [5.74, 6) is 0.554. The molecule has 0 aliphatic carbocycles. The number of rotatable bonds is 4. The molecule has 1 aromatic carbocycles. The van der Waals surface area contributed by atoms with Gasteiger partial charge >= 0.3 is 0 Å². The third-order valence-corrected chi connectivity index (χ3v) is 4.18. The van der Waals surface area contributed by atoms with Gasteiger partial charge in [-0.3, -0.25) is 4.79 Å². The van der Waals surface area contributed by atoms with Gasteiger partial charge in [-0.05, 0) is 35.4 Å². The van der Waals surface area contributed by atoms with Gasteiger partial charge in [0.15, 0.2) is 0 Å². The van der Waals surface area contributed by atoms with Crippen LogP contribution in [0, 0.1) is 19.3 Å². The minimum atomic E-state index is -0.343. The molecular formula is C15H20N4OS. The first-order chi connectivity index (χ1) is 9.80. The Labute approximate surface area is 129 Å². The number of nitrogens with zero attached hydrogens (tertiary/aromatic N) is 4. The highest BCUT2D eigenvalue weighted by atomic mass is 32.2. The average molecular weight is 304 g/mol. The number of hydrogen-bond donors (Lipinski definition) is 0. The Balaban J connectivity index is 2.26. The summed E-state index contributed by atoms with van der Waals surface area (Å²) in [7, 11) is 0. The Hall–Kier alpha value is -1.69. The number of benzene rings is 1. The number of ketones is 1. The molecule has 0 unspecified atom stereocenters. The lowest BCUT2D eigenvalue weighted by Crippen LogP contribution is -2.22. The molecule has 112 valence electrons. The second kappa shape index (κ2) is 5.97. The van der Waals surface area contributed by atoms with Gasteiger partial charge in [0.25, 0.3) is 0 Å². The van der Waals surface area contributed by atoms with Crippen LogP contribution in [0.2, 0.25) is 0 Å². The molecule has 0 bridgehead atoms. The second-order valence-electron chi connectivity index (χ2n) is 6.08. The molecule has 5 nitrogen and oxygen atoms in total. The van der Waals surface area contributed by atoms with E-state index in [4.69, 9.17) is 0 Å². The SMILES string of the molecule is Cc1cccc(C)c1-n1nnnc1SCC(=O)C(C)(C)C. The van der Waals surface area contributed by atoms with Crippen LogP contribution < -0.4 is 0 Å². The number of thioether (sulfide) groups is 1. The van der Waals surface area contributed by atoms with Crippen molar-refractivity contribution in [3.05, 3.63) is 29.3 Å². The molecule has 0 aliphatic rings. The van der Waals surface area contributed by atoms with Gasteiger partial charge in [0.05, 0.1) is 11.4 Å². The highest BCUT2D eigenvalue weighted by Gasteiger charge is 2.22. The minimum Gasteiger partial charge on any atom is -0.298 e. The number of para-hydroxylation sites is 1. The lowest BCUT2D eigenvalue weighted by Gasteiger charge is -2.16. The summed E-state index contributed by atoms with van der Waals surface area (Å²) < 4.78 is 1.71. The molecule has 0 spiro atoms. The van der Waals surface area contributed by atoms with E-state index in [0.29, 0.717) is 10.9 Å². The van der Waals surface area contributed by atoms with Crippen LogP contribution in [0.15, 0.2) is 23.4 Å². The van der Waals surface area contributed by atoms with Crippen molar-refractivity contribution in [3.63, 3.8) is 0 Å². The number of tetrazole rings is 1. The lowest BCUT2D eigenvalue weighted by molar-refractivity contribution is -0.123. The zero-order valence-electron chi connectivity index (χ0n) is 13.0. The van der Waals surface area contributed by atoms with Crippen LogP contribution in [0.3, 0.4) is 0 Å². The molecule has 0 aliphatic heterocycles. The van der Waals surface area contributed by atoms with Crippen LogP contribution in [0.25, 0.3) is 5.69 Å². The molecule has 0 saturated carbocycles. The van der Waals surface area contributed by atoms with Gasteiger partial charge in [0, 0.05) is 5.41 Å². The van der Waals surface area contributed by atoms with Gasteiger partial charge in [0.2, 0.25) is 5.16 Å². The lowest BCUT2D eigenvalue weighted by atomic mass is 9.92. The van der Waals surface area contributed by atoms with Crippen LogP contribution in [0.4, 0.5) is 0 Å². The van der Waals surface area contributed by atoms with Crippen molar-refractivity contribution < 1.29 is 4.79 Å². The number of carbonyl (C=O) groups excluding carboxylic acids is 1. The van der Waals surface area contributed by atoms with Crippen LogP contribution >= 0.6 is 11.8 Å². The molecule has 2 aromatic rings. The highest BCUT2D eigenvalue weighted by Crippen LogP contribution is 2.25. The van der Waals surface area contributed by atoms with Crippen molar-refractivity contribution in [1.29, 1.82) is 0 Å². The summed E-state index contributed by atoms with van der Waals surface area (Å²) in [6.07, 6.45) is 0. The van der Waals surface area contributed by atoms with Crippen molar-refractivity contribution in [3.8, 4) is 5.69 Å². The van der Waals surface area contributed by atoms with Crippen molar-refractivity contribution in [2.24, 2.45) is 5.41 Å². The van der Waals surface area contributed by atoms with Gasteiger partial charge in [-0.25, -0.2) is 0 Å². The zero-order valence-corrected chi connectivity index (χ0v) is 13.9. The van der Waals surface area contributed by atoms with Gasteiger partial charge in [-0.15, -0.1) is 5.10 Å². The van der Waals surface area contributed by atoms with Crippen molar-refractivity contribution in [2.45, 2.75) is 39.8 Å². The first-order valence-electron chi connectivity index (χ1n) is 6.82. The molecule has 0 saturated heterocycles. The molecule has 1 heterocycles. The van der Waals surface area contributed by atoms with Crippen molar-refractivity contribution in [1.82, 2.24) is 20.2 Å². The largest absolute Gasteiger partial charge is 0.298 e. The molecule has 1 aromatic heterocycles. The van der Waals surface area contributed by atoms with E-state index in [2.05, 4.69) is 15.5 Å². The van der Waals surface area contributed by atoms with Gasteiger partial charge < -0.3 is 0 Å². The van der Waals surface area contributed by atoms with E-state index in [9.17, 15) is 4.79 Å². The molecule has 0 fully saturated rings. The minimum absolute atomic E-state index is 0.184. The van der Waals surface area contributed by atoms with Gasteiger partial charge in [-0.1, -0.05) is 50.7 Å². The Kier molecular flexibility index (Phi) is 4.46. The second-order valence-corrected chi connectivity index (χ2v) is 7.02. The topological polar surface area (TPSA) is 60.7 Å². The molecule has 0 N–H and O–H groups in total. The monoisotopic (exact) mass is 304 g/mol. The summed E-state index contributed by atoms with van der Waals surface area (Å²) in [6.45, 7) is 9.82. The first-order valence-corrected chi connectivity index (χ1v) is 7.80. The maximum Gasteiger partial charge on any atom is 0.214 e. The fourth-order valence-electron chi connectivity index (χ4n) is 1.90. The summed E-state index contributed by atoms with van der Waals surface area (Å²) in [6, 6.07) is 6.06. The Morgan fingerprint density at radius 3 is 2.43 bits per heavy atom. The molecule has 6 heteroatoms. The highest BCUT2D eigenvalue weighted by molar-refractivity contribution is 7.99. The molecule has 2 rings (SSSR count). The first kappa shape index (κ1) is 15.7. The summed E-state index contributed by atoms with van der Waals surface area (Å²) in [5.41, 5.74) is 2.84. The van der Waals surface area contributed by atoms with Crippen LogP contribution in [0.5, 0.6) is 0 Å². The molecule has 0 amide bonds. The Morgan fingerprint density at radius 2 is 1.86 bits per heavy atom. The predicted octanol–water partition coefficient (Wildman–Crippen LogP) is 2.99. The van der Waals surface area contributed by atoms with Gasteiger partial charge in [0.1, 0.15) is 5.78 Å². The third-order valence-electron chi connectivity index (χ3n) is 3.26. The van der Waals surface area contributed by atoms with E-state index in [0.717, 1.165) is 16.8 Å². The fraction of sp³-hybridized carbons (Fsp3) is 0.467. The van der Waals surface area contributed by atoms with E-state index in [1.165, 1.54) is 11.8 Å². The van der Waals surface area contributed by atoms with Crippen molar-refractivity contribution >= 4 is 17.5 Å². The maximum absolute atomic E-state index is 12.0. The number of Topliss-reactive ketones (excluding diaryl/α,β-unsaturated/α-hetero) is 1. The zero-order chi connectivity index (χ0) is 15.6. The molecule has 0 atom stereocenters. The summed E-state index contributed by atoms with van der Waals surface area (Å²) in [4.78, 5) is 12.0. The standard InChI is InChI=1S/C15H20N4OS/c1-10-7-6-8-11(2)13(10)19-14(16-17-18-19)21-9-12(20)15(3,4)5/h6-8H,9H2,1-5H3. The third kappa shape index (κ3) is 3.50. The number of aromatic nitrogens is 4. The predicted molar refractivity (Wildman–Crippen MR) is 83.8 cm³/mol. The smallest absolute Gasteiger partial charge is 0.214 e. The quantitative estimate of drug-likeness (QED) is 0.813. The average Bonchev–Trinajstić information content (AvgIpc) is 2.83. The Morgan fingerprint density at radius 1 is 1.24 bits per heavy atom. The molecular weight excluding hydrogens is 284 g/mol. The van der Waals surface area contributed by atoms with Crippen LogP contribution in [0.1, 0.15) is 31.9 Å². The van der Waals surface area contributed by atoms with E-state index in [1.54, 1.807) is 4.68 Å². The Bertz CT molecular complexity index is 638. The number of hydrogen-bond acceptors (Lipinski definition) is 5. The van der Waals surface area contributed by atoms with Crippen molar-refractivity contribution in [2.75, 3.05) is 5.75 Å². The maximum atomic E-state index is 12.0. The summed E-state index contributed by atoms with van der Waals surface area (Å²) in [5, 5.41) is 12.5. The van der Waals surface area contributed by atoms with Gasteiger partial charge in [-0.2, -0.15) is 4.68 Å². The van der Waals surface area contributed by atoms with E-state index < -0.39 is 0 Å². The van der Waals surface area contributed by atoms with Crippen LogP contribution in [-0.4, -0.2) is 31.7 Å². The van der Waals surface area contributed by atoms with E-state index in [1.807, 2.05) is 52.8 Å². The fourth-order valence-corrected chi connectivity index (χ4v) is 2.93. The number of carbonyl (C=O) groups is 1. The summed E-state index contributed by atoms with van der Waals surface area (Å²) >= 11 is 1.38.